The predicted molar refractivity (Wildman–Crippen MR) is 118 cm³/mol. The van der Waals surface area contributed by atoms with Crippen LogP contribution in [-0.2, 0) is 0 Å². The first-order chi connectivity index (χ1) is 14.5. The van der Waals surface area contributed by atoms with Crippen molar-refractivity contribution in [2.45, 2.75) is 13.8 Å². The van der Waals surface area contributed by atoms with E-state index in [0.29, 0.717) is 16.9 Å². The maximum Gasteiger partial charge on any atom is 0.274 e. The number of aryl methyl sites for hydroxylation is 2. The van der Waals surface area contributed by atoms with Crippen LogP contribution in [0.15, 0.2) is 72.9 Å². The zero-order chi connectivity index (χ0) is 21.1. The average molecular weight is 396 g/mol. The lowest BCUT2D eigenvalue weighted by Gasteiger charge is -2.09. The van der Waals surface area contributed by atoms with E-state index in [2.05, 4.69) is 20.6 Å². The van der Waals surface area contributed by atoms with Gasteiger partial charge in [-0.05, 0) is 61.4 Å². The summed E-state index contributed by atoms with van der Waals surface area (Å²) in [6, 6.07) is 19.8. The Hall–Kier alpha value is -4.06. The summed E-state index contributed by atoms with van der Waals surface area (Å²) < 4.78 is 0. The van der Waals surface area contributed by atoms with Crippen LogP contribution in [0.4, 0.5) is 11.4 Å². The average Bonchev–Trinajstić information content (AvgIpc) is 2.76. The van der Waals surface area contributed by atoms with Crippen LogP contribution in [0.3, 0.4) is 0 Å². The molecule has 0 aliphatic rings. The van der Waals surface area contributed by atoms with Gasteiger partial charge in [-0.2, -0.15) is 0 Å². The quantitative estimate of drug-likeness (QED) is 0.521. The second-order valence-electron chi connectivity index (χ2n) is 7.00. The third-order valence-electron chi connectivity index (χ3n) is 4.86. The number of hydrogen-bond acceptors (Lipinski definition) is 4. The van der Waals surface area contributed by atoms with E-state index in [-0.39, 0.29) is 17.3 Å². The van der Waals surface area contributed by atoms with Crippen LogP contribution in [0.1, 0.15) is 32.1 Å². The van der Waals surface area contributed by atoms with Crippen molar-refractivity contribution in [1.82, 2.24) is 9.97 Å². The number of benzene rings is 2. The molecular weight excluding hydrogens is 376 g/mol. The minimum atomic E-state index is -0.408. The molecule has 2 aromatic heterocycles. The number of amides is 2. The molecule has 2 aromatic carbocycles. The summed E-state index contributed by atoms with van der Waals surface area (Å²) in [5.41, 5.74) is 4.50. The van der Waals surface area contributed by atoms with E-state index in [1.54, 1.807) is 30.5 Å². The van der Waals surface area contributed by atoms with Gasteiger partial charge in [-0.3, -0.25) is 14.6 Å². The van der Waals surface area contributed by atoms with Gasteiger partial charge in [-0.1, -0.05) is 30.3 Å². The van der Waals surface area contributed by atoms with Crippen LogP contribution in [0.5, 0.6) is 0 Å². The van der Waals surface area contributed by atoms with Crippen molar-refractivity contribution >= 4 is 34.1 Å². The lowest BCUT2D eigenvalue weighted by molar-refractivity contribution is 0.101. The highest BCUT2D eigenvalue weighted by molar-refractivity contribution is 6.08. The largest absolute Gasteiger partial charge is 0.321 e. The minimum absolute atomic E-state index is 0.149. The van der Waals surface area contributed by atoms with Gasteiger partial charge in [0.15, 0.2) is 0 Å². The summed E-state index contributed by atoms with van der Waals surface area (Å²) in [6.45, 7) is 3.99. The fourth-order valence-electron chi connectivity index (χ4n) is 3.09. The highest BCUT2D eigenvalue weighted by atomic mass is 16.2. The van der Waals surface area contributed by atoms with Crippen molar-refractivity contribution in [3.05, 3.63) is 95.4 Å². The topological polar surface area (TPSA) is 84.0 Å². The van der Waals surface area contributed by atoms with Gasteiger partial charge in [0.25, 0.3) is 11.8 Å². The molecule has 30 heavy (non-hydrogen) atoms. The Bertz CT molecular complexity index is 1260. The monoisotopic (exact) mass is 396 g/mol. The first-order valence-electron chi connectivity index (χ1n) is 9.52. The zero-order valence-electron chi connectivity index (χ0n) is 16.6. The first-order valence-corrected chi connectivity index (χ1v) is 9.52. The molecule has 0 unspecified atom stereocenters. The van der Waals surface area contributed by atoms with Crippen molar-refractivity contribution in [2.75, 3.05) is 10.6 Å². The molecule has 0 aliphatic heterocycles. The van der Waals surface area contributed by atoms with Gasteiger partial charge in [0.1, 0.15) is 11.4 Å². The van der Waals surface area contributed by atoms with Crippen molar-refractivity contribution in [1.29, 1.82) is 0 Å². The molecule has 4 aromatic rings. The Balaban J connectivity index is 1.54. The van der Waals surface area contributed by atoms with Gasteiger partial charge in [0, 0.05) is 17.3 Å². The van der Waals surface area contributed by atoms with E-state index in [9.17, 15) is 9.59 Å². The number of hydrogen-bond donors (Lipinski definition) is 2. The predicted octanol–water partition coefficient (Wildman–Crippen LogP) is 4.75. The lowest BCUT2D eigenvalue weighted by Crippen LogP contribution is -2.18. The van der Waals surface area contributed by atoms with Gasteiger partial charge in [-0.25, -0.2) is 4.98 Å². The maximum atomic E-state index is 12.7. The zero-order valence-corrected chi connectivity index (χ0v) is 16.6. The number of nitrogens with zero attached hydrogens (tertiary/aromatic N) is 2. The Labute approximate surface area is 174 Å². The van der Waals surface area contributed by atoms with E-state index >= 15 is 0 Å². The van der Waals surface area contributed by atoms with E-state index in [0.717, 1.165) is 16.5 Å². The fraction of sp³-hybridized carbons (Fsp3) is 0.0833. The van der Waals surface area contributed by atoms with Gasteiger partial charge in [0.2, 0.25) is 0 Å². The van der Waals surface area contributed by atoms with Crippen LogP contribution in [0, 0.1) is 13.8 Å². The molecule has 0 saturated heterocycles. The Morgan fingerprint density at radius 2 is 1.47 bits per heavy atom. The molecule has 0 saturated carbocycles. The van der Waals surface area contributed by atoms with Crippen molar-refractivity contribution in [3.63, 3.8) is 0 Å². The highest BCUT2D eigenvalue weighted by Crippen LogP contribution is 2.21. The smallest absolute Gasteiger partial charge is 0.274 e. The number of aromatic nitrogens is 2. The third kappa shape index (κ3) is 4.03. The molecule has 0 spiro atoms. The molecule has 2 amide bonds. The number of carbonyl (C=O) groups excluding carboxylic acids is 2. The summed E-state index contributed by atoms with van der Waals surface area (Å²) in [4.78, 5) is 33.9. The van der Waals surface area contributed by atoms with Gasteiger partial charge < -0.3 is 10.6 Å². The lowest BCUT2D eigenvalue weighted by atomic mass is 10.1. The molecule has 4 rings (SSSR count). The van der Waals surface area contributed by atoms with E-state index in [1.165, 1.54) is 0 Å². The SMILES string of the molecule is Cc1ccc(NC(=O)c2cccc(C(=O)Nc3cccc4cccnc34)n2)cc1C. The number of carbonyl (C=O) groups is 2. The van der Waals surface area contributed by atoms with E-state index < -0.39 is 5.91 Å². The standard InChI is InChI=1S/C24H20N4O2/c1-15-11-12-18(14-16(15)2)26-23(29)20-9-4-10-21(27-20)24(30)28-19-8-3-6-17-7-5-13-25-22(17)19/h3-14H,1-2H3,(H,26,29)(H,28,30). The van der Waals surface area contributed by atoms with Gasteiger partial charge in [0.05, 0.1) is 11.2 Å². The molecule has 148 valence electrons. The summed E-state index contributed by atoms with van der Waals surface area (Å²) in [7, 11) is 0. The molecule has 0 atom stereocenters. The molecule has 6 heteroatoms. The normalized spacial score (nSPS) is 10.6. The number of rotatable bonds is 4. The summed E-state index contributed by atoms with van der Waals surface area (Å²) in [5.74, 6) is -0.784. The van der Waals surface area contributed by atoms with Crippen molar-refractivity contribution in [3.8, 4) is 0 Å². The third-order valence-corrected chi connectivity index (χ3v) is 4.86. The second-order valence-corrected chi connectivity index (χ2v) is 7.00. The van der Waals surface area contributed by atoms with Crippen LogP contribution in [0.25, 0.3) is 10.9 Å². The van der Waals surface area contributed by atoms with Crippen LogP contribution in [0.2, 0.25) is 0 Å². The van der Waals surface area contributed by atoms with E-state index in [1.807, 2.05) is 56.3 Å². The molecular formula is C24H20N4O2. The summed E-state index contributed by atoms with van der Waals surface area (Å²) in [6.07, 6.45) is 1.67. The number of anilines is 2. The number of para-hydroxylation sites is 1. The molecule has 6 nitrogen and oxygen atoms in total. The highest BCUT2D eigenvalue weighted by Gasteiger charge is 2.14. The van der Waals surface area contributed by atoms with Crippen LogP contribution >= 0.6 is 0 Å². The van der Waals surface area contributed by atoms with Gasteiger partial charge in [-0.15, -0.1) is 0 Å². The summed E-state index contributed by atoms with van der Waals surface area (Å²) in [5, 5.41) is 6.58. The number of nitrogens with one attached hydrogen (secondary N) is 2. The Kier molecular flexibility index (Phi) is 5.22. The van der Waals surface area contributed by atoms with E-state index in [4.69, 9.17) is 0 Å². The van der Waals surface area contributed by atoms with Crippen molar-refractivity contribution < 1.29 is 9.59 Å². The molecule has 0 bridgehead atoms. The second kappa shape index (κ2) is 8.13. The Morgan fingerprint density at radius 3 is 2.23 bits per heavy atom. The molecule has 0 fully saturated rings. The maximum absolute atomic E-state index is 12.7. The molecule has 0 radical (unpaired) electrons. The Morgan fingerprint density at radius 1 is 0.767 bits per heavy atom. The molecule has 0 aliphatic carbocycles. The molecule has 2 N–H and O–H groups in total. The fourth-order valence-corrected chi connectivity index (χ4v) is 3.09. The minimum Gasteiger partial charge on any atom is -0.321 e. The van der Waals surface area contributed by atoms with Crippen molar-refractivity contribution in [2.24, 2.45) is 0 Å². The van der Waals surface area contributed by atoms with Crippen LogP contribution < -0.4 is 10.6 Å². The molecule has 2 heterocycles. The van der Waals surface area contributed by atoms with Crippen LogP contribution in [-0.4, -0.2) is 21.8 Å². The first kappa shape index (κ1) is 19.3. The summed E-state index contributed by atoms with van der Waals surface area (Å²) >= 11 is 0. The number of pyridine rings is 2. The number of fused-ring (bicyclic) bond motifs is 1. The van der Waals surface area contributed by atoms with Gasteiger partial charge >= 0.3 is 0 Å².